The zero-order valence-corrected chi connectivity index (χ0v) is 18.2. The summed E-state index contributed by atoms with van der Waals surface area (Å²) in [6.45, 7) is 9.57. The predicted molar refractivity (Wildman–Crippen MR) is 113 cm³/mol. The Balaban J connectivity index is 1.85. The highest BCUT2D eigenvalue weighted by molar-refractivity contribution is 5.69. The van der Waals surface area contributed by atoms with Crippen LogP contribution in [0.4, 0.5) is 4.79 Å². The Morgan fingerprint density at radius 2 is 1.94 bits per heavy atom. The van der Waals surface area contributed by atoms with Gasteiger partial charge >= 0.3 is 6.09 Å². The van der Waals surface area contributed by atoms with Crippen LogP contribution >= 0.6 is 0 Å². The van der Waals surface area contributed by atoms with Crippen molar-refractivity contribution in [3.63, 3.8) is 0 Å². The second-order valence-corrected chi connectivity index (χ2v) is 7.87. The largest absolute Gasteiger partial charge is 0.444 e. The van der Waals surface area contributed by atoms with E-state index in [-0.39, 0.29) is 0 Å². The number of carbonyl (C=O) groups is 1. The normalized spacial score (nSPS) is 12.1. The van der Waals surface area contributed by atoms with Crippen molar-refractivity contribution < 1.29 is 14.1 Å². The number of rotatable bonds is 5. The monoisotopic (exact) mass is 420 g/mol. The standard InChI is InChI=1S/C22H24N6O3/c1-6-28(21(29)30-22(3,4)5)14(2)19-26-20(31-27-19)16-8-10-25-18(12-16)15-7-9-24-17(11-15)13-23/h7-12,14H,6H2,1-5H3. The highest BCUT2D eigenvalue weighted by Gasteiger charge is 2.28. The fourth-order valence-corrected chi connectivity index (χ4v) is 2.92. The highest BCUT2D eigenvalue weighted by Crippen LogP contribution is 2.26. The summed E-state index contributed by atoms with van der Waals surface area (Å²) in [6.07, 6.45) is 2.75. The molecule has 0 aliphatic heterocycles. The molecule has 0 N–H and O–H groups in total. The SMILES string of the molecule is CCN(C(=O)OC(C)(C)C)C(C)c1noc(-c2ccnc(-c3ccnc(C#N)c3)c2)n1. The number of ether oxygens (including phenoxy) is 1. The lowest BCUT2D eigenvalue weighted by molar-refractivity contribution is 0.0177. The summed E-state index contributed by atoms with van der Waals surface area (Å²) in [5.74, 6) is 0.678. The molecule has 1 unspecified atom stereocenters. The lowest BCUT2D eigenvalue weighted by Crippen LogP contribution is -2.38. The fraction of sp³-hybridized carbons (Fsp3) is 0.364. The van der Waals surface area contributed by atoms with Gasteiger partial charge in [0.25, 0.3) is 5.89 Å². The summed E-state index contributed by atoms with van der Waals surface area (Å²) in [5.41, 5.74) is 1.78. The van der Waals surface area contributed by atoms with Crippen LogP contribution in [0.2, 0.25) is 0 Å². The molecule has 0 bridgehead atoms. The lowest BCUT2D eigenvalue weighted by Gasteiger charge is -2.29. The number of aromatic nitrogens is 4. The van der Waals surface area contributed by atoms with Crippen molar-refractivity contribution in [2.75, 3.05) is 6.54 Å². The van der Waals surface area contributed by atoms with Gasteiger partial charge in [-0.25, -0.2) is 9.78 Å². The van der Waals surface area contributed by atoms with Crippen LogP contribution in [0.1, 0.15) is 52.2 Å². The molecule has 3 aromatic heterocycles. The van der Waals surface area contributed by atoms with Crippen LogP contribution in [0.3, 0.4) is 0 Å². The van der Waals surface area contributed by atoms with Gasteiger partial charge in [-0.15, -0.1) is 0 Å². The van der Waals surface area contributed by atoms with Crippen molar-refractivity contribution in [3.8, 4) is 28.8 Å². The minimum Gasteiger partial charge on any atom is -0.444 e. The van der Waals surface area contributed by atoms with E-state index in [0.717, 1.165) is 5.56 Å². The van der Waals surface area contributed by atoms with Gasteiger partial charge < -0.3 is 9.26 Å². The molecule has 9 heteroatoms. The predicted octanol–water partition coefficient (Wildman–Crippen LogP) is 4.38. The topological polar surface area (TPSA) is 118 Å². The van der Waals surface area contributed by atoms with E-state index in [0.29, 0.717) is 35.2 Å². The maximum Gasteiger partial charge on any atom is 0.410 e. The third-order valence-corrected chi connectivity index (χ3v) is 4.43. The number of amides is 1. The van der Waals surface area contributed by atoms with Gasteiger partial charge in [-0.1, -0.05) is 5.16 Å². The lowest BCUT2D eigenvalue weighted by atomic mass is 10.1. The molecular weight excluding hydrogens is 396 g/mol. The first-order valence-electron chi connectivity index (χ1n) is 9.88. The molecule has 0 spiro atoms. The molecule has 0 saturated carbocycles. The molecule has 160 valence electrons. The Bertz CT molecular complexity index is 1110. The van der Waals surface area contributed by atoms with Crippen LogP contribution in [0.15, 0.2) is 41.2 Å². The second kappa shape index (κ2) is 8.92. The molecule has 3 aromatic rings. The number of pyridine rings is 2. The number of carbonyl (C=O) groups excluding carboxylic acids is 1. The minimum absolute atomic E-state index is 0.306. The molecule has 9 nitrogen and oxygen atoms in total. The number of nitriles is 1. The van der Waals surface area contributed by atoms with Gasteiger partial charge in [0.1, 0.15) is 17.4 Å². The summed E-state index contributed by atoms with van der Waals surface area (Å²) in [6, 6.07) is 8.56. The van der Waals surface area contributed by atoms with E-state index < -0.39 is 17.7 Å². The summed E-state index contributed by atoms with van der Waals surface area (Å²) in [4.78, 5) is 26.9. The van der Waals surface area contributed by atoms with Crippen molar-refractivity contribution in [2.45, 2.75) is 46.3 Å². The van der Waals surface area contributed by atoms with E-state index in [9.17, 15) is 4.79 Å². The first-order valence-corrected chi connectivity index (χ1v) is 9.88. The van der Waals surface area contributed by atoms with Gasteiger partial charge in [0.15, 0.2) is 5.82 Å². The maximum atomic E-state index is 12.5. The van der Waals surface area contributed by atoms with Gasteiger partial charge in [0.05, 0.1) is 11.7 Å². The van der Waals surface area contributed by atoms with E-state index in [1.165, 1.54) is 4.90 Å². The van der Waals surface area contributed by atoms with Crippen LogP contribution < -0.4 is 0 Å². The van der Waals surface area contributed by atoms with Crippen LogP contribution in [0.5, 0.6) is 0 Å². The van der Waals surface area contributed by atoms with Crippen molar-refractivity contribution >= 4 is 6.09 Å². The van der Waals surface area contributed by atoms with E-state index in [4.69, 9.17) is 14.5 Å². The van der Waals surface area contributed by atoms with Crippen LogP contribution in [0.25, 0.3) is 22.7 Å². The quantitative estimate of drug-likeness (QED) is 0.596. The van der Waals surface area contributed by atoms with Crippen molar-refractivity contribution in [1.82, 2.24) is 25.0 Å². The summed E-state index contributed by atoms with van der Waals surface area (Å²) in [5, 5.41) is 13.1. The molecule has 0 aliphatic carbocycles. The number of hydrogen-bond acceptors (Lipinski definition) is 8. The zero-order valence-electron chi connectivity index (χ0n) is 18.2. The Labute approximate surface area is 180 Å². The second-order valence-electron chi connectivity index (χ2n) is 7.87. The molecule has 1 amide bonds. The van der Waals surface area contributed by atoms with E-state index in [1.54, 1.807) is 36.7 Å². The van der Waals surface area contributed by atoms with Gasteiger partial charge in [-0.2, -0.15) is 10.2 Å². The van der Waals surface area contributed by atoms with Crippen molar-refractivity contribution in [2.24, 2.45) is 0 Å². The average Bonchev–Trinajstić information content (AvgIpc) is 3.23. The Morgan fingerprint density at radius 3 is 2.61 bits per heavy atom. The number of nitrogens with zero attached hydrogens (tertiary/aromatic N) is 6. The van der Waals surface area contributed by atoms with Gasteiger partial charge in [-0.3, -0.25) is 9.88 Å². The zero-order chi connectivity index (χ0) is 22.6. The molecule has 0 aromatic carbocycles. The Hall–Kier alpha value is -3.80. The maximum absolute atomic E-state index is 12.5. The van der Waals surface area contributed by atoms with Crippen LogP contribution in [0, 0.1) is 11.3 Å². The molecule has 1 atom stereocenters. The fourth-order valence-electron chi connectivity index (χ4n) is 2.92. The molecule has 31 heavy (non-hydrogen) atoms. The first-order chi connectivity index (χ1) is 14.7. The minimum atomic E-state index is -0.599. The van der Waals surface area contributed by atoms with Gasteiger partial charge in [-0.05, 0) is 58.9 Å². The molecule has 0 saturated heterocycles. The summed E-state index contributed by atoms with van der Waals surface area (Å²) >= 11 is 0. The molecule has 3 heterocycles. The van der Waals surface area contributed by atoms with Crippen molar-refractivity contribution in [1.29, 1.82) is 5.26 Å². The van der Waals surface area contributed by atoms with Crippen molar-refractivity contribution in [3.05, 3.63) is 48.2 Å². The van der Waals surface area contributed by atoms with E-state index in [2.05, 4.69) is 20.1 Å². The third-order valence-electron chi connectivity index (χ3n) is 4.43. The first kappa shape index (κ1) is 21.9. The Kier molecular flexibility index (Phi) is 6.30. The van der Waals surface area contributed by atoms with Crippen LogP contribution in [-0.2, 0) is 4.74 Å². The Morgan fingerprint density at radius 1 is 1.23 bits per heavy atom. The number of hydrogen-bond donors (Lipinski definition) is 0. The van der Waals surface area contributed by atoms with E-state index >= 15 is 0 Å². The molecule has 0 fully saturated rings. The third kappa shape index (κ3) is 5.22. The van der Waals surface area contributed by atoms with E-state index in [1.807, 2.05) is 40.7 Å². The average molecular weight is 420 g/mol. The molecule has 0 radical (unpaired) electrons. The summed E-state index contributed by atoms with van der Waals surface area (Å²) < 4.78 is 10.9. The summed E-state index contributed by atoms with van der Waals surface area (Å²) in [7, 11) is 0. The van der Waals surface area contributed by atoms with Crippen LogP contribution in [-0.4, -0.2) is 43.2 Å². The van der Waals surface area contributed by atoms with Gasteiger partial charge in [0.2, 0.25) is 0 Å². The van der Waals surface area contributed by atoms with Gasteiger partial charge in [0, 0.05) is 30.1 Å². The molecule has 0 aliphatic rings. The smallest absolute Gasteiger partial charge is 0.410 e. The highest BCUT2D eigenvalue weighted by atomic mass is 16.6. The molecule has 3 rings (SSSR count). The molecular formula is C22H24N6O3.